The van der Waals surface area contributed by atoms with Gasteiger partial charge in [0.25, 0.3) is 0 Å². The number of hydrogen-bond donors (Lipinski definition) is 0. The Hall–Kier alpha value is -0.610. The van der Waals surface area contributed by atoms with Crippen LogP contribution in [0.1, 0.15) is 33.1 Å². The van der Waals surface area contributed by atoms with Gasteiger partial charge in [0.2, 0.25) is 10.6 Å². The first-order valence-electron chi connectivity index (χ1n) is 6.66. The topological polar surface area (TPSA) is 47.9 Å². The van der Waals surface area contributed by atoms with Gasteiger partial charge in [-0.2, -0.15) is 15.0 Å². The minimum absolute atomic E-state index is 0.0719. The van der Waals surface area contributed by atoms with Crippen LogP contribution in [0.3, 0.4) is 0 Å². The van der Waals surface area contributed by atoms with E-state index in [1.54, 1.807) is 0 Å². The summed E-state index contributed by atoms with van der Waals surface area (Å²) in [5, 5.41) is 0.144. The fraction of sp³-hybridized carbons (Fsp3) is 0.769. The first kappa shape index (κ1) is 13.4. The Morgan fingerprint density at radius 2 is 1.84 bits per heavy atom. The summed E-state index contributed by atoms with van der Waals surface area (Å²) < 4.78 is 5.66. The minimum atomic E-state index is 0.0719. The van der Waals surface area contributed by atoms with Crippen molar-refractivity contribution >= 4 is 23.2 Å². The van der Waals surface area contributed by atoms with E-state index in [4.69, 9.17) is 27.9 Å². The SMILES string of the molecule is CC1(C)[C@H]2CCC(COc3nc(Cl)nc(Cl)n3)[C@@H]1C2. The Bertz CT molecular complexity index is 473. The lowest BCUT2D eigenvalue weighted by Crippen LogP contribution is -2.53. The maximum absolute atomic E-state index is 5.73. The molecule has 3 atom stereocenters. The quantitative estimate of drug-likeness (QED) is 0.855. The van der Waals surface area contributed by atoms with E-state index in [1.807, 2.05) is 0 Å². The van der Waals surface area contributed by atoms with Crippen LogP contribution in [0.15, 0.2) is 0 Å². The molecule has 0 amide bonds. The highest BCUT2D eigenvalue weighted by Crippen LogP contribution is 2.61. The van der Waals surface area contributed by atoms with Crippen molar-refractivity contribution in [1.29, 1.82) is 0 Å². The van der Waals surface area contributed by atoms with Crippen LogP contribution in [-0.4, -0.2) is 21.6 Å². The van der Waals surface area contributed by atoms with E-state index >= 15 is 0 Å². The van der Waals surface area contributed by atoms with Crippen molar-refractivity contribution in [3.8, 4) is 6.01 Å². The molecule has 1 heterocycles. The van der Waals surface area contributed by atoms with E-state index in [9.17, 15) is 0 Å². The van der Waals surface area contributed by atoms with Crippen molar-refractivity contribution in [2.45, 2.75) is 33.1 Å². The predicted molar refractivity (Wildman–Crippen MR) is 73.4 cm³/mol. The van der Waals surface area contributed by atoms with Gasteiger partial charge in [0.1, 0.15) is 0 Å². The number of hydrogen-bond acceptors (Lipinski definition) is 4. The van der Waals surface area contributed by atoms with Crippen LogP contribution >= 0.6 is 23.2 Å². The van der Waals surface area contributed by atoms with Crippen LogP contribution < -0.4 is 4.74 Å². The van der Waals surface area contributed by atoms with Crippen LogP contribution in [0.4, 0.5) is 0 Å². The van der Waals surface area contributed by atoms with Gasteiger partial charge in [-0.25, -0.2) is 0 Å². The maximum atomic E-state index is 5.73. The van der Waals surface area contributed by atoms with Gasteiger partial charge < -0.3 is 4.74 Å². The van der Waals surface area contributed by atoms with Gasteiger partial charge in [-0.1, -0.05) is 13.8 Å². The van der Waals surface area contributed by atoms with E-state index in [1.165, 1.54) is 19.3 Å². The molecule has 104 valence electrons. The normalized spacial score (nSPS) is 31.7. The van der Waals surface area contributed by atoms with Crippen LogP contribution in [0.2, 0.25) is 10.6 Å². The van der Waals surface area contributed by atoms with E-state index in [0.717, 1.165) is 11.8 Å². The Kier molecular flexibility index (Phi) is 3.34. The van der Waals surface area contributed by atoms with E-state index in [0.29, 0.717) is 17.9 Å². The number of nitrogens with zero attached hydrogens (tertiary/aromatic N) is 3. The average Bonchev–Trinajstić information content (AvgIpc) is 2.35. The zero-order valence-electron chi connectivity index (χ0n) is 11.1. The van der Waals surface area contributed by atoms with Crippen molar-refractivity contribution in [2.75, 3.05) is 6.61 Å². The monoisotopic (exact) mass is 301 g/mol. The summed E-state index contributed by atoms with van der Waals surface area (Å²) in [6.45, 7) is 5.38. The molecular formula is C13H17Cl2N3O. The molecule has 0 aliphatic heterocycles. The zero-order valence-corrected chi connectivity index (χ0v) is 12.6. The summed E-state index contributed by atoms with van der Waals surface area (Å²) in [5.41, 5.74) is 0.459. The fourth-order valence-corrected chi connectivity index (χ4v) is 4.07. The number of fused-ring (bicyclic) bond motifs is 2. The van der Waals surface area contributed by atoms with Crippen LogP contribution in [0, 0.1) is 23.2 Å². The highest BCUT2D eigenvalue weighted by Gasteiger charge is 2.54. The van der Waals surface area contributed by atoms with Crippen molar-refractivity contribution in [2.24, 2.45) is 23.2 Å². The summed E-state index contributed by atoms with van der Waals surface area (Å²) in [7, 11) is 0. The maximum Gasteiger partial charge on any atom is 0.322 e. The van der Waals surface area contributed by atoms with Crippen molar-refractivity contribution in [3.63, 3.8) is 0 Å². The van der Waals surface area contributed by atoms with E-state index in [2.05, 4.69) is 28.8 Å². The molecule has 3 saturated carbocycles. The molecule has 0 spiro atoms. The molecule has 1 aromatic heterocycles. The first-order valence-corrected chi connectivity index (χ1v) is 7.42. The Morgan fingerprint density at radius 3 is 2.42 bits per heavy atom. The second kappa shape index (κ2) is 4.74. The second-order valence-electron chi connectivity index (χ2n) is 6.16. The third-order valence-corrected chi connectivity index (χ3v) is 5.33. The molecular weight excluding hydrogens is 285 g/mol. The Labute approximate surface area is 122 Å². The molecule has 0 saturated heterocycles. The molecule has 3 aliphatic rings. The minimum Gasteiger partial charge on any atom is -0.463 e. The summed E-state index contributed by atoms with van der Waals surface area (Å²) in [5.74, 6) is 2.23. The average molecular weight is 302 g/mol. The van der Waals surface area contributed by atoms with Gasteiger partial charge in [-0.3, -0.25) is 0 Å². The lowest BCUT2D eigenvalue weighted by atomic mass is 9.46. The third kappa shape index (κ3) is 2.40. The molecule has 2 bridgehead atoms. The summed E-state index contributed by atoms with van der Waals surface area (Å²) in [6.07, 6.45) is 3.86. The van der Waals surface area contributed by atoms with Gasteiger partial charge >= 0.3 is 6.01 Å². The molecule has 0 N–H and O–H groups in total. The second-order valence-corrected chi connectivity index (χ2v) is 6.84. The van der Waals surface area contributed by atoms with Gasteiger partial charge in [-0.15, -0.1) is 0 Å². The molecule has 0 aromatic carbocycles. The lowest BCUT2D eigenvalue weighted by molar-refractivity contribution is -0.114. The summed E-state index contributed by atoms with van der Waals surface area (Å²) >= 11 is 11.5. The van der Waals surface area contributed by atoms with Crippen molar-refractivity contribution in [3.05, 3.63) is 10.6 Å². The Balaban J connectivity index is 1.63. The van der Waals surface area contributed by atoms with Crippen LogP contribution in [0.25, 0.3) is 0 Å². The van der Waals surface area contributed by atoms with Gasteiger partial charge in [0.05, 0.1) is 6.61 Å². The number of ether oxygens (including phenoxy) is 1. The van der Waals surface area contributed by atoms with Crippen LogP contribution in [-0.2, 0) is 0 Å². The van der Waals surface area contributed by atoms with E-state index in [-0.39, 0.29) is 16.6 Å². The largest absolute Gasteiger partial charge is 0.463 e. The molecule has 1 aromatic rings. The molecule has 6 heteroatoms. The first-order chi connectivity index (χ1) is 8.96. The molecule has 0 radical (unpaired) electrons. The third-order valence-electron chi connectivity index (χ3n) is 4.99. The molecule has 4 nitrogen and oxygen atoms in total. The Morgan fingerprint density at radius 1 is 1.16 bits per heavy atom. The highest BCUT2D eigenvalue weighted by molar-refractivity contribution is 6.31. The molecule has 19 heavy (non-hydrogen) atoms. The smallest absolute Gasteiger partial charge is 0.322 e. The number of halogens is 2. The zero-order chi connectivity index (χ0) is 13.6. The van der Waals surface area contributed by atoms with Crippen LogP contribution in [0.5, 0.6) is 6.01 Å². The van der Waals surface area contributed by atoms with Gasteiger partial charge in [-0.05, 0) is 65.6 Å². The molecule has 4 rings (SSSR count). The standard InChI is InChI=1S/C13H17Cl2N3O/c1-13(2)8-4-3-7(9(13)5-8)6-19-12-17-10(14)16-11(15)18-12/h7-9H,3-6H2,1-2H3/t7?,8-,9-/m0/s1. The highest BCUT2D eigenvalue weighted by atomic mass is 35.5. The summed E-state index contributed by atoms with van der Waals surface area (Å²) in [4.78, 5) is 11.6. The van der Waals surface area contributed by atoms with Gasteiger partial charge in [0, 0.05) is 0 Å². The molecule has 3 fully saturated rings. The molecule has 1 unspecified atom stereocenters. The predicted octanol–water partition coefficient (Wildman–Crippen LogP) is 3.63. The van der Waals surface area contributed by atoms with E-state index < -0.39 is 0 Å². The number of aromatic nitrogens is 3. The molecule has 3 aliphatic carbocycles. The van der Waals surface area contributed by atoms with Crippen molar-refractivity contribution < 1.29 is 4.74 Å². The number of rotatable bonds is 3. The lowest BCUT2D eigenvalue weighted by Gasteiger charge is -2.60. The fourth-order valence-electron chi connectivity index (χ4n) is 3.72. The van der Waals surface area contributed by atoms with Crippen molar-refractivity contribution in [1.82, 2.24) is 15.0 Å². The van der Waals surface area contributed by atoms with Gasteiger partial charge in [0.15, 0.2) is 0 Å². The summed E-state index contributed by atoms with van der Waals surface area (Å²) in [6, 6.07) is 0.226.